The van der Waals surface area contributed by atoms with Crippen LogP contribution >= 0.6 is 0 Å². The van der Waals surface area contributed by atoms with Crippen molar-refractivity contribution in [3.8, 4) is 0 Å². The highest BCUT2D eigenvalue weighted by Gasteiger charge is 2.14. The van der Waals surface area contributed by atoms with Crippen LogP contribution in [-0.4, -0.2) is 23.9 Å². The molecule has 1 aliphatic heterocycles. The zero-order chi connectivity index (χ0) is 17.5. The van der Waals surface area contributed by atoms with Gasteiger partial charge < -0.3 is 5.32 Å². The predicted octanol–water partition coefficient (Wildman–Crippen LogP) is 3.98. The van der Waals surface area contributed by atoms with Crippen molar-refractivity contribution in [2.75, 3.05) is 13.1 Å². The molecule has 2 aromatic rings. The third-order valence-corrected chi connectivity index (χ3v) is 4.52. The van der Waals surface area contributed by atoms with Crippen LogP contribution in [-0.2, 0) is 19.3 Å². The molecule has 0 unspecified atom stereocenters. The highest BCUT2D eigenvalue weighted by atomic mass is 15.1. The molecule has 0 saturated heterocycles. The van der Waals surface area contributed by atoms with Crippen LogP contribution in [0.4, 0.5) is 0 Å². The van der Waals surface area contributed by atoms with Crippen molar-refractivity contribution in [1.29, 1.82) is 0 Å². The van der Waals surface area contributed by atoms with Crippen molar-refractivity contribution in [2.24, 2.45) is 4.99 Å². The maximum Gasteiger partial charge on any atom is 0.147 e. The monoisotopic (exact) mass is 331 g/mol. The Bertz CT molecular complexity index is 803. The van der Waals surface area contributed by atoms with Gasteiger partial charge in [-0.1, -0.05) is 56.0 Å². The van der Waals surface area contributed by atoms with E-state index >= 15 is 0 Å². The van der Waals surface area contributed by atoms with Gasteiger partial charge in [-0.2, -0.15) is 0 Å². The van der Waals surface area contributed by atoms with Crippen molar-refractivity contribution in [3.63, 3.8) is 0 Å². The molecule has 0 aliphatic carbocycles. The standard InChI is InChI=1S/C22H25N3/c1-3-5-11-20-17(4-2)8-6-9-18(20)12-13-19-10-7-14-23-21(19)22-24-15-16-25-22/h3,5-11,14H,1,4,12-13,15-16H2,2H3,(H,24,25)/b11-5-. The van der Waals surface area contributed by atoms with Gasteiger partial charge in [0.2, 0.25) is 0 Å². The topological polar surface area (TPSA) is 37.3 Å². The molecule has 3 rings (SSSR count). The number of allylic oxidation sites excluding steroid dienone is 2. The van der Waals surface area contributed by atoms with Crippen LogP contribution in [0.1, 0.15) is 34.9 Å². The molecule has 0 spiro atoms. The number of hydrogen-bond donors (Lipinski definition) is 1. The Morgan fingerprint density at radius 2 is 1.92 bits per heavy atom. The van der Waals surface area contributed by atoms with E-state index in [1.807, 2.05) is 24.4 Å². The molecule has 0 amide bonds. The average Bonchev–Trinajstić information content (AvgIpc) is 3.19. The summed E-state index contributed by atoms with van der Waals surface area (Å²) in [6, 6.07) is 10.8. The Morgan fingerprint density at radius 1 is 1.12 bits per heavy atom. The van der Waals surface area contributed by atoms with E-state index in [-0.39, 0.29) is 0 Å². The second-order valence-electron chi connectivity index (χ2n) is 6.11. The molecule has 1 aliphatic rings. The zero-order valence-corrected chi connectivity index (χ0v) is 14.8. The summed E-state index contributed by atoms with van der Waals surface area (Å²) in [5, 5.41) is 3.33. The van der Waals surface area contributed by atoms with Gasteiger partial charge in [0.05, 0.1) is 6.54 Å². The molecule has 25 heavy (non-hydrogen) atoms. The smallest absolute Gasteiger partial charge is 0.147 e. The first kappa shape index (κ1) is 17.2. The third kappa shape index (κ3) is 4.05. The Kier molecular flexibility index (Phi) is 5.78. The van der Waals surface area contributed by atoms with E-state index in [1.54, 1.807) is 0 Å². The lowest BCUT2D eigenvalue weighted by atomic mass is 9.94. The molecule has 0 saturated carbocycles. The summed E-state index contributed by atoms with van der Waals surface area (Å²) in [6.07, 6.45) is 10.8. The first-order chi connectivity index (χ1) is 12.3. The lowest BCUT2D eigenvalue weighted by Crippen LogP contribution is -2.22. The number of aryl methyl sites for hydroxylation is 3. The number of hydrogen-bond acceptors (Lipinski definition) is 3. The largest absolute Gasteiger partial charge is 0.367 e. The summed E-state index contributed by atoms with van der Waals surface area (Å²) >= 11 is 0. The molecule has 0 radical (unpaired) electrons. The maximum atomic E-state index is 4.56. The number of aliphatic imine (C=N–C) groups is 1. The van der Waals surface area contributed by atoms with E-state index < -0.39 is 0 Å². The summed E-state index contributed by atoms with van der Waals surface area (Å²) in [5.41, 5.74) is 6.31. The average molecular weight is 331 g/mol. The minimum absolute atomic E-state index is 0.834. The SMILES string of the molecule is C=C/C=C\c1c(CC)cccc1CCc1cccnc1C1=NCCN1. The van der Waals surface area contributed by atoms with Crippen LogP contribution in [0, 0.1) is 0 Å². The molecule has 3 heteroatoms. The van der Waals surface area contributed by atoms with E-state index in [9.17, 15) is 0 Å². The van der Waals surface area contributed by atoms with E-state index in [0.29, 0.717) is 0 Å². The van der Waals surface area contributed by atoms with Gasteiger partial charge >= 0.3 is 0 Å². The Labute approximate surface area is 150 Å². The number of aromatic nitrogens is 1. The summed E-state index contributed by atoms with van der Waals surface area (Å²) in [4.78, 5) is 9.09. The summed E-state index contributed by atoms with van der Waals surface area (Å²) in [6.45, 7) is 7.73. The van der Waals surface area contributed by atoms with Gasteiger partial charge in [0.25, 0.3) is 0 Å². The Balaban J connectivity index is 1.85. The molecular weight excluding hydrogens is 306 g/mol. The lowest BCUT2D eigenvalue weighted by molar-refractivity contribution is 0.927. The zero-order valence-electron chi connectivity index (χ0n) is 14.8. The summed E-state index contributed by atoms with van der Waals surface area (Å²) in [5.74, 6) is 0.935. The molecule has 128 valence electrons. The van der Waals surface area contributed by atoms with E-state index in [4.69, 9.17) is 0 Å². The molecule has 1 N–H and O–H groups in total. The minimum Gasteiger partial charge on any atom is -0.367 e. The van der Waals surface area contributed by atoms with Gasteiger partial charge in [-0.25, -0.2) is 0 Å². The highest BCUT2D eigenvalue weighted by molar-refractivity contribution is 5.99. The number of rotatable bonds is 7. The molecular formula is C22H25N3. The number of pyridine rings is 1. The molecule has 0 fully saturated rings. The van der Waals surface area contributed by atoms with E-state index in [2.05, 4.69) is 59.1 Å². The second-order valence-corrected chi connectivity index (χ2v) is 6.11. The minimum atomic E-state index is 0.834. The number of nitrogens with one attached hydrogen (secondary N) is 1. The number of benzene rings is 1. The molecule has 2 heterocycles. The molecule has 0 bridgehead atoms. The highest BCUT2D eigenvalue weighted by Crippen LogP contribution is 2.20. The van der Waals surface area contributed by atoms with Crippen molar-refractivity contribution in [2.45, 2.75) is 26.2 Å². The molecule has 1 aromatic heterocycles. The predicted molar refractivity (Wildman–Crippen MR) is 106 cm³/mol. The van der Waals surface area contributed by atoms with Crippen LogP contribution in [0.15, 0.2) is 60.3 Å². The Hall–Kier alpha value is -2.68. The van der Waals surface area contributed by atoms with Crippen LogP contribution in [0.25, 0.3) is 6.08 Å². The third-order valence-electron chi connectivity index (χ3n) is 4.52. The molecule has 0 atom stereocenters. The maximum absolute atomic E-state index is 4.56. The quantitative estimate of drug-likeness (QED) is 0.779. The fourth-order valence-corrected chi connectivity index (χ4v) is 3.25. The van der Waals surface area contributed by atoms with E-state index in [1.165, 1.54) is 22.3 Å². The van der Waals surface area contributed by atoms with Gasteiger partial charge in [0.15, 0.2) is 0 Å². The first-order valence-electron chi connectivity index (χ1n) is 8.96. The van der Waals surface area contributed by atoms with Gasteiger partial charge in [-0.3, -0.25) is 9.98 Å². The van der Waals surface area contributed by atoms with Gasteiger partial charge in [0, 0.05) is 12.7 Å². The second kappa shape index (κ2) is 8.43. The lowest BCUT2D eigenvalue weighted by Gasteiger charge is -2.13. The van der Waals surface area contributed by atoms with Crippen molar-refractivity contribution in [1.82, 2.24) is 10.3 Å². The molecule has 1 aromatic carbocycles. The normalized spacial score (nSPS) is 13.7. The van der Waals surface area contributed by atoms with Crippen molar-refractivity contribution in [3.05, 3.63) is 83.2 Å². The van der Waals surface area contributed by atoms with Crippen LogP contribution in [0.5, 0.6) is 0 Å². The number of nitrogens with zero attached hydrogens (tertiary/aromatic N) is 2. The van der Waals surface area contributed by atoms with Crippen LogP contribution < -0.4 is 5.32 Å². The first-order valence-corrected chi connectivity index (χ1v) is 8.96. The summed E-state index contributed by atoms with van der Waals surface area (Å²) in [7, 11) is 0. The van der Waals surface area contributed by atoms with Crippen LogP contribution in [0.3, 0.4) is 0 Å². The fraction of sp³-hybridized carbons (Fsp3) is 0.273. The number of amidine groups is 1. The van der Waals surface area contributed by atoms with Crippen molar-refractivity contribution >= 4 is 11.9 Å². The Morgan fingerprint density at radius 3 is 2.68 bits per heavy atom. The van der Waals surface area contributed by atoms with Gasteiger partial charge in [-0.05, 0) is 47.6 Å². The molecule has 3 nitrogen and oxygen atoms in total. The van der Waals surface area contributed by atoms with Crippen molar-refractivity contribution < 1.29 is 0 Å². The van der Waals surface area contributed by atoms with Crippen LogP contribution in [0.2, 0.25) is 0 Å². The van der Waals surface area contributed by atoms with Gasteiger partial charge in [-0.15, -0.1) is 0 Å². The van der Waals surface area contributed by atoms with Gasteiger partial charge in [0.1, 0.15) is 11.5 Å². The fourth-order valence-electron chi connectivity index (χ4n) is 3.25. The summed E-state index contributed by atoms with van der Waals surface area (Å²) < 4.78 is 0. The van der Waals surface area contributed by atoms with E-state index in [0.717, 1.165) is 43.9 Å².